The number of aromatic nitrogens is 1. The Hall–Kier alpha value is -2.13. The van der Waals surface area contributed by atoms with Crippen LogP contribution in [0.1, 0.15) is 23.2 Å². The van der Waals surface area contributed by atoms with Crippen molar-refractivity contribution in [3.63, 3.8) is 0 Å². The number of allylic oxidation sites excluding steroid dienone is 1. The molecule has 0 fully saturated rings. The predicted molar refractivity (Wildman–Crippen MR) is 122 cm³/mol. The standard InChI is InChI=1S/C22H20IN3O2S/c1-14-5-9-17(10-6-14)29(27,28)26-19(23)12-18-20-16(13-25(18)2)8-7-15-4-3-11-24-21(15)22(20)26/h3-11,13,18-19H,12H2,1-2H3. The van der Waals surface area contributed by atoms with Crippen molar-refractivity contribution in [1.82, 2.24) is 14.2 Å². The third-order valence-electron chi connectivity index (χ3n) is 5.71. The Labute approximate surface area is 184 Å². The SMILES string of the molecule is Cc1ccc(S(=O)(=O)N2C3=C4C(=CN(C)C4CC2I)C=Cc2cccnc23)cc1. The summed E-state index contributed by atoms with van der Waals surface area (Å²) in [6.45, 7) is 1.95. The van der Waals surface area contributed by atoms with E-state index in [-0.39, 0.29) is 10.1 Å². The van der Waals surface area contributed by atoms with Gasteiger partial charge in [0.15, 0.2) is 0 Å². The number of aryl methyl sites for hydroxylation is 1. The number of nitrogens with zero attached hydrogens (tertiary/aromatic N) is 3. The van der Waals surface area contributed by atoms with E-state index in [1.54, 1.807) is 22.6 Å². The number of rotatable bonds is 2. The van der Waals surface area contributed by atoms with Gasteiger partial charge in [-0.3, -0.25) is 9.29 Å². The molecule has 0 amide bonds. The average molecular weight is 517 g/mol. The second-order valence-electron chi connectivity index (χ2n) is 7.59. The maximum Gasteiger partial charge on any atom is 0.265 e. The number of halogens is 1. The highest BCUT2D eigenvalue weighted by Gasteiger charge is 2.45. The minimum Gasteiger partial charge on any atom is -0.373 e. The van der Waals surface area contributed by atoms with E-state index < -0.39 is 10.0 Å². The summed E-state index contributed by atoms with van der Waals surface area (Å²) in [6, 6.07) is 11.1. The zero-order chi connectivity index (χ0) is 20.3. The van der Waals surface area contributed by atoms with E-state index in [4.69, 9.17) is 0 Å². The molecule has 1 aliphatic carbocycles. The fourth-order valence-electron chi connectivity index (χ4n) is 4.28. The molecule has 0 bridgehead atoms. The Bertz CT molecular complexity index is 1200. The van der Waals surface area contributed by atoms with Crippen LogP contribution in [0.5, 0.6) is 0 Å². The first-order valence-electron chi connectivity index (χ1n) is 9.45. The molecular formula is C22H20IN3O2S. The lowest BCUT2D eigenvalue weighted by Gasteiger charge is -2.40. The highest BCUT2D eigenvalue weighted by molar-refractivity contribution is 14.1. The molecule has 7 heteroatoms. The third kappa shape index (κ3) is 2.85. The van der Waals surface area contributed by atoms with Crippen molar-refractivity contribution in [2.24, 2.45) is 0 Å². The molecule has 5 rings (SSSR count). The Kier molecular flexibility index (Phi) is 4.36. The number of likely N-dealkylation sites (N-methyl/N-ethyl adjacent to an activating group) is 1. The topological polar surface area (TPSA) is 53.5 Å². The fraction of sp³-hybridized carbons (Fsp3) is 0.227. The minimum absolute atomic E-state index is 0.143. The second-order valence-corrected chi connectivity index (χ2v) is 10.8. The van der Waals surface area contributed by atoms with E-state index in [1.807, 2.05) is 37.3 Å². The molecule has 2 atom stereocenters. The van der Waals surface area contributed by atoms with Crippen LogP contribution >= 0.6 is 22.6 Å². The van der Waals surface area contributed by atoms with Gasteiger partial charge in [0, 0.05) is 37.0 Å². The summed E-state index contributed by atoms with van der Waals surface area (Å²) in [6.07, 6.45) is 8.66. The van der Waals surface area contributed by atoms with Crippen LogP contribution in [-0.2, 0) is 10.0 Å². The van der Waals surface area contributed by atoms with E-state index in [0.29, 0.717) is 10.6 Å². The molecule has 1 aromatic carbocycles. The molecule has 5 nitrogen and oxygen atoms in total. The molecule has 2 unspecified atom stereocenters. The number of alkyl halides is 1. The average Bonchev–Trinajstić information content (AvgIpc) is 2.91. The van der Waals surface area contributed by atoms with Gasteiger partial charge in [-0.25, -0.2) is 8.42 Å². The van der Waals surface area contributed by atoms with Gasteiger partial charge in [-0.05, 0) is 30.7 Å². The quantitative estimate of drug-likeness (QED) is 0.341. The molecular weight excluding hydrogens is 497 g/mol. The highest BCUT2D eigenvalue weighted by Crippen LogP contribution is 2.48. The molecule has 3 heterocycles. The first-order valence-corrected chi connectivity index (χ1v) is 12.1. The van der Waals surface area contributed by atoms with Crippen molar-refractivity contribution in [1.29, 1.82) is 0 Å². The number of hydrogen-bond acceptors (Lipinski definition) is 4. The largest absolute Gasteiger partial charge is 0.373 e. The molecule has 1 aromatic heterocycles. The van der Waals surface area contributed by atoms with E-state index in [0.717, 1.165) is 34.4 Å². The van der Waals surface area contributed by atoms with E-state index in [9.17, 15) is 8.42 Å². The normalized spacial score (nSPS) is 22.9. The van der Waals surface area contributed by atoms with Gasteiger partial charge in [0.05, 0.1) is 26.4 Å². The molecule has 2 aromatic rings. The molecule has 0 saturated heterocycles. The molecule has 3 aliphatic rings. The van der Waals surface area contributed by atoms with Crippen molar-refractivity contribution in [3.05, 3.63) is 82.8 Å². The van der Waals surface area contributed by atoms with Gasteiger partial charge in [0.2, 0.25) is 0 Å². The summed E-state index contributed by atoms with van der Waals surface area (Å²) in [5.41, 5.74) is 5.49. The summed E-state index contributed by atoms with van der Waals surface area (Å²) in [5.74, 6) is 0. The minimum atomic E-state index is -3.74. The Morgan fingerprint density at radius 2 is 1.90 bits per heavy atom. The first-order chi connectivity index (χ1) is 13.9. The molecule has 0 radical (unpaired) electrons. The Morgan fingerprint density at radius 1 is 1.14 bits per heavy atom. The summed E-state index contributed by atoms with van der Waals surface area (Å²) in [7, 11) is -1.69. The summed E-state index contributed by atoms with van der Waals surface area (Å²) in [5, 5.41) is 0. The smallest absolute Gasteiger partial charge is 0.265 e. The zero-order valence-electron chi connectivity index (χ0n) is 16.1. The number of fused-ring (bicyclic) bond motifs is 2. The van der Waals surface area contributed by atoms with Crippen LogP contribution in [0.25, 0.3) is 11.8 Å². The van der Waals surface area contributed by atoms with E-state index >= 15 is 0 Å². The third-order valence-corrected chi connectivity index (χ3v) is 8.98. The molecule has 0 spiro atoms. The van der Waals surface area contributed by atoms with Crippen LogP contribution < -0.4 is 0 Å². The second kappa shape index (κ2) is 6.70. The van der Waals surface area contributed by atoms with Crippen molar-refractivity contribution in [2.75, 3.05) is 7.05 Å². The van der Waals surface area contributed by atoms with Gasteiger partial charge in [-0.1, -0.05) is 58.5 Å². The summed E-state index contributed by atoms with van der Waals surface area (Å²) < 4.78 is 29.0. The van der Waals surface area contributed by atoms with E-state index in [2.05, 4.69) is 51.8 Å². The Balaban J connectivity index is 1.79. The van der Waals surface area contributed by atoms with Gasteiger partial charge >= 0.3 is 0 Å². The van der Waals surface area contributed by atoms with Crippen molar-refractivity contribution >= 4 is 44.4 Å². The van der Waals surface area contributed by atoms with Gasteiger partial charge < -0.3 is 4.90 Å². The van der Waals surface area contributed by atoms with Crippen LogP contribution in [0, 0.1) is 6.92 Å². The lowest BCUT2D eigenvalue weighted by molar-refractivity contribution is 0.331. The lowest BCUT2D eigenvalue weighted by Crippen LogP contribution is -2.45. The number of sulfonamides is 1. The zero-order valence-corrected chi connectivity index (χ0v) is 19.1. The fourth-order valence-corrected chi connectivity index (χ4v) is 7.46. The van der Waals surface area contributed by atoms with Crippen molar-refractivity contribution in [2.45, 2.75) is 28.3 Å². The number of pyridine rings is 1. The van der Waals surface area contributed by atoms with Crippen LogP contribution in [0.4, 0.5) is 0 Å². The van der Waals surface area contributed by atoms with Gasteiger partial charge in [0.1, 0.15) is 0 Å². The predicted octanol–water partition coefficient (Wildman–Crippen LogP) is 4.18. The molecule has 148 valence electrons. The highest BCUT2D eigenvalue weighted by atomic mass is 127. The lowest BCUT2D eigenvalue weighted by atomic mass is 9.93. The molecule has 2 aliphatic heterocycles. The summed E-state index contributed by atoms with van der Waals surface area (Å²) >= 11 is 2.26. The molecule has 0 N–H and O–H groups in total. The van der Waals surface area contributed by atoms with Gasteiger partial charge in [-0.15, -0.1) is 0 Å². The maximum atomic E-state index is 13.8. The van der Waals surface area contributed by atoms with E-state index in [1.165, 1.54) is 0 Å². The van der Waals surface area contributed by atoms with Crippen LogP contribution in [-0.4, -0.2) is 39.7 Å². The first kappa shape index (κ1) is 18.9. The molecule has 0 saturated carbocycles. The summed E-state index contributed by atoms with van der Waals surface area (Å²) in [4.78, 5) is 7.12. The van der Waals surface area contributed by atoms with Gasteiger partial charge in [0.25, 0.3) is 10.0 Å². The monoisotopic (exact) mass is 517 g/mol. The van der Waals surface area contributed by atoms with Crippen molar-refractivity contribution in [3.8, 4) is 0 Å². The van der Waals surface area contributed by atoms with Crippen LogP contribution in [0.15, 0.2) is 70.9 Å². The Morgan fingerprint density at radius 3 is 2.66 bits per heavy atom. The molecule has 29 heavy (non-hydrogen) atoms. The number of hydrogen-bond donors (Lipinski definition) is 0. The van der Waals surface area contributed by atoms with Crippen LogP contribution in [0.3, 0.4) is 0 Å². The van der Waals surface area contributed by atoms with Crippen LogP contribution in [0.2, 0.25) is 0 Å². The van der Waals surface area contributed by atoms with Crippen molar-refractivity contribution < 1.29 is 8.42 Å². The van der Waals surface area contributed by atoms with Gasteiger partial charge in [-0.2, -0.15) is 0 Å². The number of benzene rings is 1. The maximum absolute atomic E-state index is 13.8.